The molecule has 5 heteroatoms. The maximum Gasteiger partial charge on any atom is 0.315 e. The van der Waals surface area contributed by atoms with E-state index in [0.29, 0.717) is 6.42 Å². The Kier molecular flexibility index (Phi) is 3.88. The van der Waals surface area contributed by atoms with Crippen molar-refractivity contribution in [1.29, 1.82) is 0 Å². The van der Waals surface area contributed by atoms with E-state index in [1.54, 1.807) is 0 Å². The molecule has 1 aliphatic carbocycles. The Morgan fingerprint density at radius 1 is 1.50 bits per heavy atom. The quantitative estimate of drug-likeness (QED) is 0.480. The Balaban J connectivity index is 2.29. The Hall–Kier alpha value is -1.10. The first-order chi connectivity index (χ1) is 6.63. The third-order valence-corrected chi connectivity index (χ3v) is 2.36. The number of nitrogens with one attached hydrogen (secondary N) is 1. The fraction of sp³-hybridized carbons (Fsp3) is 0.778. The smallest absolute Gasteiger partial charge is 0.315 e. The Labute approximate surface area is 82.4 Å². The van der Waals surface area contributed by atoms with E-state index in [9.17, 15) is 14.7 Å². The summed E-state index contributed by atoms with van der Waals surface area (Å²) in [7, 11) is 1.24. The molecule has 0 radical (unpaired) electrons. The normalized spacial score (nSPS) is 25.9. The van der Waals surface area contributed by atoms with Gasteiger partial charge in [0.15, 0.2) is 0 Å². The zero-order chi connectivity index (χ0) is 10.6. The second-order valence-corrected chi connectivity index (χ2v) is 3.43. The monoisotopic (exact) mass is 201 g/mol. The highest BCUT2D eigenvalue weighted by Crippen LogP contribution is 2.18. The number of carbonyl (C=O) groups is 2. The van der Waals surface area contributed by atoms with Crippen molar-refractivity contribution in [1.82, 2.24) is 5.32 Å². The van der Waals surface area contributed by atoms with Gasteiger partial charge in [0, 0.05) is 0 Å². The lowest BCUT2D eigenvalue weighted by Gasteiger charge is -2.15. The summed E-state index contributed by atoms with van der Waals surface area (Å²) in [4.78, 5) is 21.9. The zero-order valence-electron chi connectivity index (χ0n) is 8.16. The average molecular weight is 201 g/mol. The molecular weight excluding hydrogens is 186 g/mol. The standard InChI is InChI=1S/C9H15NO4/c1-14-9(13)5-8(12)10-6-3-2-4-7(6)11/h6-7,11H,2-5H2,1H3,(H,10,12)/t6-,7-/m1/s1. The summed E-state index contributed by atoms with van der Waals surface area (Å²) < 4.78 is 4.35. The van der Waals surface area contributed by atoms with Crippen LogP contribution in [0.15, 0.2) is 0 Å². The van der Waals surface area contributed by atoms with Crippen molar-refractivity contribution >= 4 is 11.9 Å². The number of aliphatic hydroxyl groups excluding tert-OH is 1. The number of aliphatic hydroxyl groups is 1. The maximum atomic E-state index is 11.2. The minimum absolute atomic E-state index is 0.202. The van der Waals surface area contributed by atoms with Crippen LogP contribution in [0, 0.1) is 0 Å². The fourth-order valence-corrected chi connectivity index (χ4v) is 1.57. The second kappa shape index (κ2) is 4.95. The van der Waals surface area contributed by atoms with E-state index in [1.807, 2.05) is 0 Å². The van der Waals surface area contributed by atoms with Crippen LogP contribution in [0.4, 0.5) is 0 Å². The van der Waals surface area contributed by atoms with E-state index in [-0.39, 0.29) is 18.4 Å². The highest BCUT2D eigenvalue weighted by atomic mass is 16.5. The van der Waals surface area contributed by atoms with Crippen molar-refractivity contribution in [3.05, 3.63) is 0 Å². The SMILES string of the molecule is COC(=O)CC(=O)N[C@@H]1CCC[C@H]1O. The van der Waals surface area contributed by atoms with Gasteiger partial charge in [0.25, 0.3) is 0 Å². The van der Waals surface area contributed by atoms with Gasteiger partial charge in [-0.1, -0.05) is 0 Å². The molecule has 0 aromatic heterocycles. The van der Waals surface area contributed by atoms with Crippen molar-refractivity contribution in [2.75, 3.05) is 7.11 Å². The molecule has 2 atom stereocenters. The molecule has 0 aliphatic heterocycles. The highest BCUT2D eigenvalue weighted by molar-refractivity contribution is 5.94. The van der Waals surface area contributed by atoms with Crippen molar-refractivity contribution in [2.24, 2.45) is 0 Å². The summed E-state index contributed by atoms with van der Waals surface area (Å²) in [6, 6.07) is -0.202. The third kappa shape index (κ3) is 2.99. The molecule has 2 N–H and O–H groups in total. The summed E-state index contributed by atoms with van der Waals surface area (Å²) in [5.41, 5.74) is 0. The second-order valence-electron chi connectivity index (χ2n) is 3.43. The molecule has 80 valence electrons. The van der Waals surface area contributed by atoms with Crippen LogP contribution in [0.1, 0.15) is 25.7 Å². The molecule has 5 nitrogen and oxygen atoms in total. The number of amides is 1. The van der Waals surface area contributed by atoms with Crippen LogP contribution in [-0.4, -0.2) is 36.2 Å². The van der Waals surface area contributed by atoms with Crippen molar-refractivity contribution < 1.29 is 19.4 Å². The lowest BCUT2D eigenvalue weighted by atomic mass is 10.2. The minimum Gasteiger partial charge on any atom is -0.469 e. The molecule has 0 unspecified atom stereocenters. The van der Waals surface area contributed by atoms with Crippen LogP contribution in [0.25, 0.3) is 0 Å². The average Bonchev–Trinajstić information content (AvgIpc) is 2.51. The number of methoxy groups -OCH3 is 1. The van der Waals surface area contributed by atoms with E-state index >= 15 is 0 Å². The van der Waals surface area contributed by atoms with Gasteiger partial charge in [-0.05, 0) is 19.3 Å². The van der Waals surface area contributed by atoms with Crippen LogP contribution in [0.2, 0.25) is 0 Å². The summed E-state index contributed by atoms with van der Waals surface area (Å²) in [5, 5.41) is 12.0. The van der Waals surface area contributed by atoms with Crippen molar-refractivity contribution in [3.63, 3.8) is 0 Å². The lowest BCUT2D eigenvalue weighted by molar-refractivity contribution is -0.144. The van der Waals surface area contributed by atoms with Crippen molar-refractivity contribution in [3.8, 4) is 0 Å². The van der Waals surface area contributed by atoms with Gasteiger partial charge in [-0.25, -0.2) is 0 Å². The zero-order valence-corrected chi connectivity index (χ0v) is 8.16. The summed E-state index contributed by atoms with van der Waals surface area (Å²) >= 11 is 0. The van der Waals surface area contributed by atoms with Gasteiger partial charge >= 0.3 is 5.97 Å². The van der Waals surface area contributed by atoms with Gasteiger partial charge < -0.3 is 15.2 Å². The number of carbonyl (C=O) groups excluding carboxylic acids is 2. The van der Waals surface area contributed by atoms with Gasteiger partial charge in [0.1, 0.15) is 6.42 Å². The van der Waals surface area contributed by atoms with E-state index in [1.165, 1.54) is 7.11 Å². The lowest BCUT2D eigenvalue weighted by Crippen LogP contribution is -2.40. The van der Waals surface area contributed by atoms with Crippen LogP contribution in [0.3, 0.4) is 0 Å². The molecular formula is C9H15NO4. The molecule has 0 aromatic rings. The van der Waals surface area contributed by atoms with Crippen LogP contribution >= 0.6 is 0 Å². The molecule has 1 amide bonds. The number of rotatable bonds is 3. The Morgan fingerprint density at radius 3 is 2.71 bits per heavy atom. The van der Waals surface area contributed by atoms with Gasteiger partial charge in [0.2, 0.25) is 5.91 Å². The predicted molar refractivity (Wildman–Crippen MR) is 48.4 cm³/mol. The van der Waals surface area contributed by atoms with E-state index in [4.69, 9.17) is 0 Å². The van der Waals surface area contributed by atoms with Gasteiger partial charge in [-0.3, -0.25) is 9.59 Å². The maximum absolute atomic E-state index is 11.2. The fourth-order valence-electron chi connectivity index (χ4n) is 1.57. The molecule has 0 aromatic carbocycles. The molecule has 0 saturated heterocycles. The van der Waals surface area contributed by atoms with E-state index < -0.39 is 12.1 Å². The minimum atomic E-state index is -0.560. The highest BCUT2D eigenvalue weighted by Gasteiger charge is 2.26. The van der Waals surface area contributed by atoms with Crippen molar-refractivity contribution in [2.45, 2.75) is 37.8 Å². The first kappa shape index (κ1) is 11.0. The Bertz CT molecular complexity index is 229. The predicted octanol–water partition coefficient (Wildman–Crippen LogP) is -0.421. The van der Waals surface area contributed by atoms with Crippen LogP contribution in [0.5, 0.6) is 0 Å². The van der Waals surface area contributed by atoms with Crippen LogP contribution in [-0.2, 0) is 14.3 Å². The summed E-state index contributed by atoms with van der Waals surface area (Å²) in [6.07, 6.45) is 1.64. The van der Waals surface area contributed by atoms with Crippen LogP contribution < -0.4 is 5.32 Å². The molecule has 1 aliphatic rings. The number of esters is 1. The summed E-state index contributed by atoms with van der Waals surface area (Å²) in [5.74, 6) is -0.946. The first-order valence-corrected chi connectivity index (χ1v) is 4.67. The van der Waals surface area contributed by atoms with Gasteiger partial charge in [0.05, 0.1) is 19.3 Å². The molecule has 1 saturated carbocycles. The van der Waals surface area contributed by atoms with E-state index in [2.05, 4.69) is 10.1 Å². The first-order valence-electron chi connectivity index (χ1n) is 4.67. The topological polar surface area (TPSA) is 75.6 Å². The summed E-state index contributed by atoms with van der Waals surface area (Å²) in [6.45, 7) is 0. The molecule has 14 heavy (non-hydrogen) atoms. The van der Waals surface area contributed by atoms with E-state index in [0.717, 1.165) is 12.8 Å². The molecule has 0 bridgehead atoms. The molecule has 0 heterocycles. The molecule has 1 rings (SSSR count). The number of hydrogen-bond acceptors (Lipinski definition) is 4. The number of ether oxygens (including phenoxy) is 1. The van der Waals surface area contributed by atoms with Gasteiger partial charge in [-0.15, -0.1) is 0 Å². The van der Waals surface area contributed by atoms with Gasteiger partial charge in [-0.2, -0.15) is 0 Å². The third-order valence-electron chi connectivity index (χ3n) is 2.36. The largest absolute Gasteiger partial charge is 0.469 e. The molecule has 0 spiro atoms. The molecule has 1 fully saturated rings. The Morgan fingerprint density at radius 2 is 2.21 bits per heavy atom. The number of hydrogen-bond donors (Lipinski definition) is 2.